The van der Waals surface area contributed by atoms with Crippen molar-refractivity contribution in [1.29, 1.82) is 0 Å². The fourth-order valence-corrected chi connectivity index (χ4v) is 2.68. The minimum absolute atomic E-state index is 0.0622. The van der Waals surface area contributed by atoms with Crippen LogP contribution in [0.4, 0.5) is 0 Å². The molecule has 1 amide bonds. The van der Waals surface area contributed by atoms with Crippen LogP contribution in [-0.2, 0) is 4.79 Å². The molecule has 4 heteroatoms. The summed E-state index contributed by atoms with van der Waals surface area (Å²) in [6.07, 6.45) is 3.42. The molecular weight excluding hydrogens is 238 g/mol. The third-order valence-electron chi connectivity index (χ3n) is 4.21. The van der Waals surface area contributed by atoms with Crippen molar-refractivity contribution in [3.8, 4) is 0 Å². The summed E-state index contributed by atoms with van der Waals surface area (Å²) in [6, 6.07) is 0.0622. The molecule has 0 N–H and O–H groups in total. The second-order valence-corrected chi connectivity index (χ2v) is 5.52. The van der Waals surface area contributed by atoms with Crippen LogP contribution in [0.15, 0.2) is 0 Å². The van der Waals surface area contributed by atoms with Crippen LogP contribution in [0, 0.1) is 0 Å². The van der Waals surface area contributed by atoms with Gasteiger partial charge in [-0.25, -0.2) is 0 Å². The van der Waals surface area contributed by atoms with Gasteiger partial charge in [0.05, 0.1) is 6.04 Å². The van der Waals surface area contributed by atoms with Gasteiger partial charge in [0.15, 0.2) is 0 Å². The van der Waals surface area contributed by atoms with E-state index in [0.717, 1.165) is 39.1 Å². The molecule has 19 heavy (non-hydrogen) atoms. The molecule has 0 spiro atoms. The summed E-state index contributed by atoms with van der Waals surface area (Å²) in [5, 5.41) is 0. The second kappa shape index (κ2) is 8.54. The number of unbranched alkanes of at least 4 members (excludes halogenated alkanes) is 1. The molecule has 4 nitrogen and oxygen atoms in total. The molecule has 1 saturated heterocycles. The van der Waals surface area contributed by atoms with Crippen molar-refractivity contribution in [3.05, 3.63) is 0 Å². The fraction of sp³-hybridized carbons (Fsp3) is 0.933. The highest BCUT2D eigenvalue weighted by atomic mass is 16.2. The Labute approximate surface area is 118 Å². The highest BCUT2D eigenvalue weighted by Crippen LogP contribution is 2.10. The van der Waals surface area contributed by atoms with E-state index in [1.54, 1.807) is 0 Å². The van der Waals surface area contributed by atoms with Crippen molar-refractivity contribution < 1.29 is 4.79 Å². The van der Waals surface area contributed by atoms with Gasteiger partial charge < -0.3 is 4.90 Å². The predicted octanol–water partition coefficient (Wildman–Crippen LogP) is 1.66. The average Bonchev–Trinajstić information content (AvgIpc) is 2.46. The van der Waals surface area contributed by atoms with Crippen LogP contribution in [0.2, 0.25) is 0 Å². The SMILES string of the molecule is CCCCN1CCN(C(=O)C(CC)N(C)CC)CC1. The smallest absolute Gasteiger partial charge is 0.239 e. The molecular formula is C15H31N3O. The summed E-state index contributed by atoms with van der Waals surface area (Å²) in [5.74, 6) is 0.321. The number of carbonyl (C=O) groups excluding carboxylic acids is 1. The van der Waals surface area contributed by atoms with E-state index in [4.69, 9.17) is 0 Å². The molecule has 1 heterocycles. The Morgan fingerprint density at radius 2 is 1.79 bits per heavy atom. The summed E-state index contributed by atoms with van der Waals surface area (Å²) in [6.45, 7) is 12.4. The van der Waals surface area contributed by atoms with E-state index < -0.39 is 0 Å². The normalized spacial score (nSPS) is 18.9. The van der Waals surface area contributed by atoms with Crippen LogP contribution >= 0.6 is 0 Å². The molecule has 0 radical (unpaired) electrons. The Morgan fingerprint density at radius 3 is 2.26 bits per heavy atom. The zero-order chi connectivity index (χ0) is 14.3. The van der Waals surface area contributed by atoms with Crippen LogP contribution < -0.4 is 0 Å². The Balaban J connectivity index is 2.43. The number of rotatable bonds is 7. The van der Waals surface area contributed by atoms with Crippen molar-refractivity contribution in [2.24, 2.45) is 0 Å². The third kappa shape index (κ3) is 4.77. The largest absolute Gasteiger partial charge is 0.339 e. The van der Waals surface area contributed by atoms with Crippen LogP contribution in [-0.4, -0.2) is 73.0 Å². The quantitative estimate of drug-likeness (QED) is 0.703. The van der Waals surface area contributed by atoms with Gasteiger partial charge in [-0.1, -0.05) is 27.2 Å². The number of carbonyl (C=O) groups is 1. The first-order valence-corrected chi connectivity index (χ1v) is 7.85. The van der Waals surface area contributed by atoms with Gasteiger partial charge in [-0.3, -0.25) is 14.6 Å². The minimum Gasteiger partial charge on any atom is -0.339 e. The number of likely N-dealkylation sites (N-methyl/N-ethyl adjacent to an activating group) is 1. The Bertz CT molecular complexity index is 262. The lowest BCUT2D eigenvalue weighted by Gasteiger charge is -2.38. The molecule has 0 aromatic heterocycles. The molecule has 0 aliphatic carbocycles. The zero-order valence-electron chi connectivity index (χ0n) is 13.2. The van der Waals surface area contributed by atoms with E-state index in [1.807, 2.05) is 7.05 Å². The van der Waals surface area contributed by atoms with E-state index >= 15 is 0 Å². The summed E-state index contributed by atoms with van der Waals surface area (Å²) in [4.78, 5) is 19.2. The fourth-order valence-electron chi connectivity index (χ4n) is 2.68. The molecule has 112 valence electrons. The van der Waals surface area contributed by atoms with Crippen LogP contribution in [0.1, 0.15) is 40.0 Å². The molecule has 1 atom stereocenters. The maximum atomic E-state index is 12.5. The first-order chi connectivity index (χ1) is 9.13. The van der Waals surface area contributed by atoms with Gasteiger partial charge in [0.25, 0.3) is 0 Å². The first kappa shape index (κ1) is 16.4. The molecule has 1 aliphatic heterocycles. The number of hydrogen-bond donors (Lipinski definition) is 0. The van der Waals surface area contributed by atoms with Crippen molar-refractivity contribution in [2.45, 2.75) is 46.1 Å². The molecule has 0 saturated carbocycles. The minimum atomic E-state index is 0.0622. The molecule has 1 aliphatic rings. The molecule has 1 fully saturated rings. The summed E-state index contributed by atoms with van der Waals surface area (Å²) < 4.78 is 0. The van der Waals surface area contributed by atoms with Gasteiger partial charge in [-0.05, 0) is 33.0 Å². The molecule has 0 aromatic carbocycles. The number of nitrogens with zero attached hydrogens (tertiary/aromatic N) is 3. The van der Waals surface area contributed by atoms with E-state index in [-0.39, 0.29) is 6.04 Å². The zero-order valence-corrected chi connectivity index (χ0v) is 13.2. The summed E-state index contributed by atoms with van der Waals surface area (Å²) >= 11 is 0. The standard InChI is InChI=1S/C15H31N3O/c1-5-8-9-17-10-12-18(13-11-17)15(19)14(6-2)16(4)7-3/h14H,5-13H2,1-4H3. The van der Waals surface area contributed by atoms with E-state index in [2.05, 4.69) is 35.5 Å². The number of piperazine rings is 1. The van der Waals surface area contributed by atoms with Crippen molar-refractivity contribution >= 4 is 5.91 Å². The number of hydrogen-bond acceptors (Lipinski definition) is 3. The first-order valence-electron chi connectivity index (χ1n) is 7.85. The van der Waals surface area contributed by atoms with Gasteiger partial charge in [0, 0.05) is 26.2 Å². The van der Waals surface area contributed by atoms with Gasteiger partial charge in [0.2, 0.25) is 5.91 Å². The lowest BCUT2D eigenvalue weighted by atomic mass is 10.1. The van der Waals surface area contributed by atoms with Crippen molar-refractivity contribution in [1.82, 2.24) is 14.7 Å². The van der Waals surface area contributed by atoms with E-state index in [9.17, 15) is 4.79 Å². The molecule has 1 rings (SSSR count). The third-order valence-corrected chi connectivity index (χ3v) is 4.21. The highest BCUT2D eigenvalue weighted by Gasteiger charge is 2.28. The second-order valence-electron chi connectivity index (χ2n) is 5.52. The topological polar surface area (TPSA) is 26.8 Å². The Morgan fingerprint density at radius 1 is 1.16 bits per heavy atom. The predicted molar refractivity (Wildman–Crippen MR) is 80.3 cm³/mol. The molecule has 0 aromatic rings. The van der Waals surface area contributed by atoms with Crippen molar-refractivity contribution in [2.75, 3.05) is 46.3 Å². The lowest BCUT2D eigenvalue weighted by Crippen LogP contribution is -2.54. The summed E-state index contributed by atoms with van der Waals surface area (Å²) in [5.41, 5.74) is 0. The number of amides is 1. The highest BCUT2D eigenvalue weighted by molar-refractivity contribution is 5.82. The maximum Gasteiger partial charge on any atom is 0.239 e. The Hall–Kier alpha value is -0.610. The van der Waals surface area contributed by atoms with Crippen LogP contribution in [0.5, 0.6) is 0 Å². The molecule has 1 unspecified atom stereocenters. The van der Waals surface area contributed by atoms with Gasteiger partial charge in [-0.2, -0.15) is 0 Å². The summed E-state index contributed by atoms with van der Waals surface area (Å²) in [7, 11) is 2.05. The average molecular weight is 269 g/mol. The monoisotopic (exact) mass is 269 g/mol. The van der Waals surface area contributed by atoms with E-state index in [0.29, 0.717) is 5.91 Å². The van der Waals surface area contributed by atoms with Gasteiger partial charge in [-0.15, -0.1) is 0 Å². The van der Waals surface area contributed by atoms with E-state index in [1.165, 1.54) is 19.4 Å². The van der Waals surface area contributed by atoms with Gasteiger partial charge in [0.1, 0.15) is 0 Å². The maximum absolute atomic E-state index is 12.5. The lowest BCUT2D eigenvalue weighted by molar-refractivity contribution is -0.138. The van der Waals surface area contributed by atoms with Crippen LogP contribution in [0.3, 0.4) is 0 Å². The molecule has 0 bridgehead atoms. The Kier molecular flexibility index (Phi) is 7.39. The van der Waals surface area contributed by atoms with Crippen LogP contribution in [0.25, 0.3) is 0 Å². The van der Waals surface area contributed by atoms with Gasteiger partial charge >= 0.3 is 0 Å². The van der Waals surface area contributed by atoms with Crippen molar-refractivity contribution in [3.63, 3.8) is 0 Å².